The fraction of sp³-hybridized carbons (Fsp3) is 0.833. The van der Waals surface area contributed by atoms with Crippen molar-refractivity contribution in [2.45, 2.75) is 57.8 Å². The van der Waals surface area contributed by atoms with Gasteiger partial charge in [-0.3, -0.25) is 0 Å². The Labute approximate surface area is 82.9 Å². The van der Waals surface area contributed by atoms with Gasteiger partial charge in [0, 0.05) is 6.61 Å². The third-order valence-electron chi connectivity index (χ3n) is 2.32. The van der Waals surface area contributed by atoms with Crippen LogP contribution in [0.1, 0.15) is 57.8 Å². The van der Waals surface area contributed by atoms with Gasteiger partial charge in [-0.15, -0.1) is 6.58 Å². The van der Waals surface area contributed by atoms with E-state index in [2.05, 4.69) is 6.58 Å². The van der Waals surface area contributed by atoms with E-state index < -0.39 is 0 Å². The number of aliphatic hydroxyl groups is 1. The Morgan fingerprint density at radius 3 is 1.69 bits per heavy atom. The number of unbranched alkanes of at least 4 members (excludes halogenated alkanes) is 8. The quantitative estimate of drug-likeness (QED) is 0.405. The van der Waals surface area contributed by atoms with Crippen LogP contribution in [0.3, 0.4) is 0 Å². The molecular weight excluding hydrogens is 160 g/mol. The number of rotatable bonds is 10. The first-order valence-electron chi connectivity index (χ1n) is 5.63. The molecule has 0 aromatic carbocycles. The van der Waals surface area contributed by atoms with Crippen molar-refractivity contribution in [3.05, 3.63) is 12.7 Å². The van der Waals surface area contributed by atoms with Crippen LogP contribution in [0.5, 0.6) is 0 Å². The lowest BCUT2D eigenvalue weighted by Gasteiger charge is -2.00. The molecule has 0 saturated heterocycles. The number of aliphatic hydroxyl groups excluding tert-OH is 1. The van der Waals surface area contributed by atoms with Crippen molar-refractivity contribution >= 4 is 0 Å². The highest BCUT2D eigenvalue weighted by Crippen LogP contribution is 2.09. The van der Waals surface area contributed by atoms with Gasteiger partial charge in [0.2, 0.25) is 0 Å². The van der Waals surface area contributed by atoms with Gasteiger partial charge in [0.25, 0.3) is 0 Å². The fourth-order valence-electron chi connectivity index (χ4n) is 1.46. The third-order valence-corrected chi connectivity index (χ3v) is 2.32. The lowest BCUT2D eigenvalue weighted by atomic mass is 10.1. The van der Waals surface area contributed by atoms with Crippen LogP contribution in [0.25, 0.3) is 0 Å². The van der Waals surface area contributed by atoms with Crippen LogP contribution in [0.15, 0.2) is 12.7 Å². The first kappa shape index (κ1) is 12.7. The molecule has 0 aliphatic heterocycles. The molecule has 1 heteroatoms. The zero-order chi connectivity index (χ0) is 9.78. The number of allylic oxidation sites excluding steroid dienone is 1. The molecule has 13 heavy (non-hydrogen) atoms. The van der Waals surface area contributed by atoms with Crippen molar-refractivity contribution in [1.82, 2.24) is 0 Å². The second-order valence-electron chi connectivity index (χ2n) is 3.63. The van der Waals surface area contributed by atoms with Crippen LogP contribution in [0, 0.1) is 0 Å². The minimum absolute atomic E-state index is 0.360. The van der Waals surface area contributed by atoms with Crippen LogP contribution in [-0.2, 0) is 0 Å². The minimum atomic E-state index is 0.360. The van der Waals surface area contributed by atoms with E-state index in [0.29, 0.717) is 6.61 Å². The first-order chi connectivity index (χ1) is 6.41. The van der Waals surface area contributed by atoms with Gasteiger partial charge in [0.15, 0.2) is 0 Å². The van der Waals surface area contributed by atoms with Gasteiger partial charge in [-0.25, -0.2) is 0 Å². The van der Waals surface area contributed by atoms with E-state index in [1.54, 1.807) is 0 Å². The van der Waals surface area contributed by atoms with Gasteiger partial charge in [0.05, 0.1) is 0 Å². The van der Waals surface area contributed by atoms with Crippen LogP contribution in [-0.4, -0.2) is 11.7 Å². The Hall–Kier alpha value is -0.300. The molecule has 0 atom stereocenters. The molecule has 0 saturated carbocycles. The molecule has 0 aliphatic rings. The van der Waals surface area contributed by atoms with Crippen LogP contribution in [0.4, 0.5) is 0 Å². The highest BCUT2D eigenvalue weighted by atomic mass is 16.2. The lowest BCUT2D eigenvalue weighted by Crippen LogP contribution is -1.84. The number of hydrogen-bond donors (Lipinski definition) is 1. The Kier molecular flexibility index (Phi) is 11.4. The second kappa shape index (κ2) is 11.7. The molecule has 0 fully saturated rings. The molecule has 0 amide bonds. The van der Waals surface area contributed by atoms with Gasteiger partial charge in [-0.1, -0.05) is 44.6 Å². The maximum absolute atomic E-state index is 8.56. The largest absolute Gasteiger partial charge is 0.396 e. The Bertz CT molecular complexity index is 99.3. The van der Waals surface area contributed by atoms with Gasteiger partial charge >= 0.3 is 0 Å². The van der Waals surface area contributed by atoms with E-state index >= 15 is 0 Å². The highest BCUT2D eigenvalue weighted by molar-refractivity contribution is 4.65. The standard InChI is InChI=1S/C12H24O/c1-2-3-4-5-6-7-8-9-10-11-12-13/h2,13H,1,3-12H2. The molecule has 0 rings (SSSR count). The number of hydrogen-bond acceptors (Lipinski definition) is 1. The topological polar surface area (TPSA) is 20.2 Å². The van der Waals surface area contributed by atoms with Gasteiger partial charge in [0.1, 0.15) is 0 Å². The summed E-state index contributed by atoms with van der Waals surface area (Å²) in [6.07, 6.45) is 13.4. The molecule has 0 aromatic heterocycles. The predicted molar refractivity (Wildman–Crippen MR) is 58.8 cm³/mol. The Morgan fingerprint density at radius 2 is 1.23 bits per heavy atom. The van der Waals surface area contributed by atoms with E-state index in [9.17, 15) is 0 Å². The van der Waals surface area contributed by atoms with E-state index in [1.807, 2.05) is 6.08 Å². The van der Waals surface area contributed by atoms with Crippen molar-refractivity contribution in [2.75, 3.05) is 6.61 Å². The summed E-state index contributed by atoms with van der Waals surface area (Å²) in [6, 6.07) is 0. The lowest BCUT2D eigenvalue weighted by molar-refractivity contribution is 0.282. The van der Waals surface area contributed by atoms with E-state index in [1.165, 1.54) is 51.4 Å². The van der Waals surface area contributed by atoms with Gasteiger partial charge in [-0.2, -0.15) is 0 Å². The van der Waals surface area contributed by atoms with E-state index in [0.717, 1.165) is 6.42 Å². The fourth-order valence-corrected chi connectivity index (χ4v) is 1.46. The molecule has 0 aliphatic carbocycles. The normalized spacial score (nSPS) is 10.2. The molecular formula is C12H24O. The maximum Gasteiger partial charge on any atom is 0.0431 e. The van der Waals surface area contributed by atoms with Crippen LogP contribution >= 0.6 is 0 Å². The monoisotopic (exact) mass is 184 g/mol. The average Bonchev–Trinajstić information content (AvgIpc) is 2.16. The molecule has 0 aromatic rings. The molecule has 1 N–H and O–H groups in total. The predicted octanol–water partition coefficient (Wildman–Crippen LogP) is 3.68. The zero-order valence-corrected chi connectivity index (χ0v) is 8.80. The molecule has 0 bridgehead atoms. The third kappa shape index (κ3) is 11.7. The minimum Gasteiger partial charge on any atom is -0.396 e. The van der Waals surface area contributed by atoms with Crippen LogP contribution in [0.2, 0.25) is 0 Å². The van der Waals surface area contributed by atoms with E-state index in [-0.39, 0.29) is 0 Å². The molecule has 78 valence electrons. The smallest absolute Gasteiger partial charge is 0.0431 e. The van der Waals surface area contributed by atoms with Gasteiger partial charge in [-0.05, 0) is 19.3 Å². The SMILES string of the molecule is C=CCCCCCCCCCCO. The maximum atomic E-state index is 8.56. The van der Waals surface area contributed by atoms with Crippen molar-refractivity contribution in [3.63, 3.8) is 0 Å². The zero-order valence-electron chi connectivity index (χ0n) is 8.80. The van der Waals surface area contributed by atoms with Crippen molar-refractivity contribution in [1.29, 1.82) is 0 Å². The highest BCUT2D eigenvalue weighted by Gasteiger charge is 1.90. The van der Waals surface area contributed by atoms with Crippen molar-refractivity contribution in [2.24, 2.45) is 0 Å². The first-order valence-corrected chi connectivity index (χ1v) is 5.63. The average molecular weight is 184 g/mol. The summed E-state index contributed by atoms with van der Waals surface area (Å²) in [7, 11) is 0. The van der Waals surface area contributed by atoms with Crippen LogP contribution < -0.4 is 0 Å². The summed E-state index contributed by atoms with van der Waals surface area (Å²) in [5.74, 6) is 0. The molecule has 0 radical (unpaired) electrons. The molecule has 1 nitrogen and oxygen atoms in total. The van der Waals surface area contributed by atoms with E-state index in [4.69, 9.17) is 5.11 Å². The van der Waals surface area contributed by atoms with Gasteiger partial charge < -0.3 is 5.11 Å². The molecule has 0 unspecified atom stereocenters. The summed E-state index contributed by atoms with van der Waals surface area (Å²) in [6.45, 7) is 4.07. The molecule has 0 spiro atoms. The second-order valence-corrected chi connectivity index (χ2v) is 3.63. The summed E-state index contributed by atoms with van der Waals surface area (Å²) in [5.41, 5.74) is 0. The Balaban J connectivity index is 2.79. The van der Waals surface area contributed by atoms with Crippen molar-refractivity contribution < 1.29 is 5.11 Å². The van der Waals surface area contributed by atoms with Crippen molar-refractivity contribution in [3.8, 4) is 0 Å². The summed E-state index contributed by atoms with van der Waals surface area (Å²) in [4.78, 5) is 0. The summed E-state index contributed by atoms with van der Waals surface area (Å²) < 4.78 is 0. The summed E-state index contributed by atoms with van der Waals surface area (Å²) >= 11 is 0. The summed E-state index contributed by atoms with van der Waals surface area (Å²) in [5, 5.41) is 8.56. The Morgan fingerprint density at radius 1 is 0.769 bits per heavy atom. The molecule has 0 heterocycles.